The van der Waals surface area contributed by atoms with Gasteiger partial charge in [-0.1, -0.05) is 41.4 Å². The second-order valence-corrected chi connectivity index (χ2v) is 8.62. The third-order valence-electron chi connectivity index (χ3n) is 4.45. The predicted octanol–water partition coefficient (Wildman–Crippen LogP) is 5.10. The van der Waals surface area contributed by atoms with Crippen molar-refractivity contribution in [3.63, 3.8) is 0 Å². The number of hydrogen-bond acceptors (Lipinski definition) is 6. The Morgan fingerprint density at radius 1 is 1.26 bits per heavy atom. The van der Waals surface area contributed by atoms with Gasteiger partial charge in [0.25, 0.3) is 0 Å². The summed E-state index contributed by atoms with van der Waals surface area (Å²) < 4.78 is 7.37. The summed E-state index contributed by atoms with van der Waals surface area (Å²) in [4.78, 5) is 16.5. The number of methoxy groups -OCH3 is 1. The summed E-state index contributed by atoms with van der Waals surface area (Å²) >= 11 is 12.9. The van der Waals surface area contributed by atoms with E-state index in [1.807, 2.05) is 30.3 Å². The molecule has 0 radical (unpaired) electrons. The molecule has 0 saturated heterocycles. The molecule has 7 nitrogen and oxygen atoms in total. The van der Waals surface area contributed by atoms with Gasteiger partial charge in [0.1, 0.15) is 11.2 Å². The summed E-state index contributed by atoms with van der Waals surface area (Å²) in [6.45, 7) is 2.68. The highest BCUT2D eigenvalue weighted by Crippen LogP contribution is 2.37. The first-order chi connectivity index (χ1) is 14.9. The summed E-state index contributed by atoms with van der Waals surface area (Å²) in [5, 5.41) is 12.0. The molecule has 0 aliphatic heterocycles. The number of halogens is 1. The quantitative estimate of drug-likeness (QED) is 0.309. The molecule has 31 heavy (non-hydrogen) atoms. The van der Waals surface area contributed by atoms with Crippen LogP contribution in [0.25, 0.3) is 10.1 Å². The Morgan fingerprint density at radius 2 is 2.10 bits per heavy atom. The van der Waals surface area contributed by atoms with Gasteiger partial charge in [0.2, 0.25) is 5.95 Å². The topological polar surface area (TPSA) is 81.1 Å². The number of benzene rings is 2. The van der Waals surface area contributed by atoms with Crippen LogP contribution in [0.2, 0.25) is 5.02 Å². The van der Waals surface area contributed by atoms with Crippen molar-refractivity contribution in [2.24, 2.45) is 0 Å². The van der Waals surface area contributed by atoms with Crippen molar-refractivity contribution in [2.45, 2.75) is 13.5 Å². The lowest BCUT2D eigenvalue weighted by Gasteiger charge is -2.08. The molecule has 10 heteroatoms. The number of hydrogen-bond donors (Lipinski definition) is 2. The normalized spacial score (nSPS) is 10.8. The van der Waals surface area contributed by atoms with Crippen molar-refractivity contribution >= 4 is 68.0 Å². The standard InChI is InChI=1S/C21H18ClN5O2S2/c1-12-4-3-5-13(8-12)10-27-11-23-20(26-27)25-21(30)24-14-6-7-15-16(9-14)31-18(17(15)22)19(28)29-2/h3-9,11H,10H2,1-2H3,(H2,24,25,26,30). The van der Waals surface area contributed by atoms with Crippen LogP contribution in [0.3, 0.4) is 0 Å². The number of fused-ring (bicyclic) bond motifs is 1. The second kappa shape index (κ2) is 9.01. The number of anilines is 2. The Bertz CT molecular complexity index is 1280. The number of nitrogens with one attached hydrogen (secondary N) is 2. The molecule has 2 heterocycles. The van der Waals surface area contributed by atoms with E-state index in [1.165, 1.54) is 24.0 Å². The predicted molar refractivity (Wildman–Crippen MR) is 128 cm³/mol. The number of ether oxygens (including phenoxy) is 1. The van der Waals surface area contributed by atoms with E-state index in [4.69, 9.17) is 28.6 Å². The van der Waals surface area contributed by atoms with Crippen molar-refractivity contribution in [3.8, 4) is 0 Å². The van der Waals surface area contributed by atoms with Crippen LogP contribution in [-0.4, -0.2) is 33.0 Å². The summed E-state index contributed by atoms with van der Waals surface area (Å²) in [6, 6.07) is 13.8. The Morgan fingerprint density at radius 3 is 2.87 bits per heavy atom. The third kappa shape index (κ3) is 4.84. The average molecular weight is 472 g/mol. The van der Waals surface area contributed by atoms with Gasteiger partial charge in [0.05, 0.1) is 18.7 Å². The van der Waals surface area contributed by atoms with Gasteiger partial charge < -0.3 is 10.1 Å². The van der Waals surface area contributed by atoms with Crippen LogP contribution in [0.1, 0.15) is 20.8 Å². The molecular weight excluding hydrogens is 454 g/mol. The number of carbonyl (C=O) groups is 1. The Hall–Kier alpha value is -3.01. The number of thiocarbonyl (C=S) groups is 1. The molecule has 0 fully saturated rings. The Balaban J connectivity index is 1.42. The molecule has 0 amide bonds. The maximum atomic E-state index is 11.8. The molecule has 4 rings (SSSR count). The fourth-order valence-corrected chi connectivity index (χ4v) is 4.73. The van der Waals surface area contributed by atoms with Gasteiger partial charge in [0.15, 0.2) is 5.11 Å². The molecule has 2 aromatic carbocycles. The van der Waals surface area contributed by atoms with Crippen LogP contribution in [-0.2, 0) is 11.3 Å². The van der Waals surface area contributed by atoms with E-state index in [2.05, 4.69) is 39.8 Å². The van der Waals surface area contributed by atoms with E-state index in [0.717, 1.165) is 21.3 Å². The average Bonchev–Trinajstić information content (AvgIpc) is 3.31. The fourth-order valence-electron chi connectivity index (χ4n) is 3.06. The van der Waals surface area contributed by atoms with Crippen LogP contribution >= 0.6 is 35.2 Å². The van der Waals surface area contributed by atoms with E-state index < -0.39 is 5.97 Å². The van der Waals surface area contributed by atoms with E-state index >= 15 is 0 Å². The highest BCUT2D eigenvalue weighted by atomic mass is 35.5. The van der Waals surface area contributed by atoms with Crippen LogP contribution < -0.4 is 10.6 Å². The smallest absolute Gasteiger partial charge is 0.349 e. The minimum Gasteiger partial charge on any atom is -0.465 e. The van der Waals surface area contributed by atoms with Crippen LogP contribution in [0.5, 0.6) is 0 Å². The zero-order valence-electron chi connectivity index (χ0n) is 16.7. The maximum Gasteiger partial charge on any atom is 0.349 e. The monoisotopic (exact) mass is 471 g/mol. The summed E-state index contributed by atoms with van der Waals surface area (Å²) in [5.41, 5.74) is 3.09. The number of thiophene rings is 1. The minimum absolute atomic E-state index is 0.350. The summed E-state index contributed by atoms with van der Waals surface area (Å²) in [5.74, 6) is -0.0522. The zero-order chi connectivity index (χ0) is 22.0. The van der Waals surface area contributed by atoms with Gasteiger partial charge in [-0.25, -0.2) is 14.5 Å². The molecule has 0 saturated carbocycles. The SMILES string of the molecule is COC(=O)c1sc2cc(NC(=S)Nc3ncn(Cc4cccc(C)c4)n3)ccc2c1Cl. The number of rotatable bonds is 5. The third-order valence-corrected chi connectivity index (χ3v) is 6.29. The van der Waals surface area contributed by atoms with E-state index in [-0.39, 0.29) is 0 Å². The Labute approximate surface area is 193 Å². The van der Waals surface area contributed by atoms with Gasteiger partial charge >= 0.3 is 5.97 Å². The van der Waals surface area contributed by atoms with Crippen LogP contribution in [0.15, 0.2) is 48.8 Å². The molecule has 0 spiro atoms. The van der Waals surface area contributed by atoms with Gasteiger partial charge in [-0.2, -0.15) is 0 Å². The molecule has 0 aliphatic carbocycles. The van der Waals surface area contributed by atoms with Crippen LogP contribution in [0.4, 0.5) is 11.6 Å². The van der Waals surface area contributed by atoms with Gasteiger partial charge in [-0.3, -0.25) is 5.32 Å². The lowest BCUT2D eigenvalue weighted by atomic mass is 10.1. The molecule has 0 aliphatic rings. The van der Waals surface area contributed by atoms with Gasteiger partial charge in [0, 0.05) is 15.8 Å². The summed E-state index contributed by atoms with van der Waals surface area (Å²) in [7, 11) is 1.33. The highest BCUT2D eigenvalue weighted by Gasteiger charge is 2.18. The van der Waals surface area contributed by atoms with Crippen molar-refractivity contribution in [1.29, 1.82) is 0 Å². The number of carbonyl (C=O) groups excluding carboxylic acids is 1. The minimum atomic E-state index is -0.453. The van der Waals surface area contributed by atoms with Crippen molar-refractivity contribution < 1.29 is 9.53 Å². The molecule has 0 atom stereocenters. The highest BCUT2D eigenvalue weighted by molar-refractivity contribution is 7.80. The lowest BCUT2D eigenvalue weighted by Crippen LogP contribution is -2.20. The number of aromatic nitrogens is 3. The second-order valence-electron chi connectivity index (χ2n) is 6.78. The molecule has 0 unspecified atom stereocenters. The molecular formula is C21H18ClN5O2S2. The van der Waals surface area contributed by atoms with Crippen LogP contribution in [0, 0.1) is 6.92 Å². The van der Waals surface area contributed by atoms with E-state index in [0.29, 0.717) is 27.5 Å². The molecule has 4 aromatic rings. The molecule has 2 N–H and O–H groups in total. The van der Waals surface area contributed by atoms with Crippen molar-refractivity contribution in [2.75, 3.05) is 17.7 Å². The number of aryl methyl sites for hydroxylation is 1. The first-order valence-electron chi connectivity index (χ1n) is 9.26. The molecule has 158 valence electrons. The first-order valence-corrected chi connectivity index (χ1v) is 10.9. The first kappa shape index (κ1) is 21.2. The maximum absolute atomic E-state index is 11.8. The van der Waals surface area contributed by atoms with E-state index in [9.17, 15) is 4.79 Å². The molecule has 0 bridgehead atoms. The molecule has 2 aromatic heterocycles. The summed E-state index contributed by atoms with van der Waals surface area (Å²) in [6.07, 6.45) is 1.65. The fraction of sp³-hybridized carbons (Fsp3) is 0.143. The zero-order valence-corrected chi connectivity index (χ0v) is 19.1. The largest absolute Gasteiger partial charge is 0.465 e. The van der Waals surface area contributed by atoms with Gasteiger partial charge in [-0.05, 0) is 42.9 Å². The van der Waals surface area contributed by atoms with Gasteiger partial charge in [-0.15, -0.1) is 16.4 Å². The van der Waals surface area contributed by atoms with E-state index in [1.54, 1.807) is 11.0 Å². The number of nitrogens with zero attached hydrogens (tertiary/aromatic N) is 3. The van der Waals surface area contributed by atoms with Crippen molar-refractivity contribution in [1.82, 2.24) is 14.8 Å². The number of esters is 1. The van der Waals surface area contributed by atoms with Crippen molar-refractivity contribution in [3.05, 3.63) is 69.8 Å². The Kier molecular flexibility index (Phi) is 6.17. The lowest BCUT2D eigenvalue weighted by molar-refractivity contribution is 0.0606.